The summed E-state index contributed by atoms with van der Waals surface area (Å²) in [4.78, 5) is 0. The average molecular weight is 179 g/mol. The van der Waals surface area contributed by atoms with E-state index in [-0.39, 0.29) is 5.90 Å². The first-order chi connectivity index (χ1) is 6.19. The normalized spacial score (nSPS) is 9.46. The molecule has 3 nitrogen and oxygen atoms in total. The van der Waals surface area contributed by atoms with E-state index >= 15 is 0 Å². The van der Waals surface area contributed by atoms with Gasteiger partial charge < -0.3 is 9.47 Å². The topological polar surface area (TPSA) is 42.3 Å². The molecule has 1 N–H and O–H groups in total. The van der Waals surface area contributed by atoms with Crippen molar-refractivity contribution in [2.45, 2.75) is 6.92 Å². The second-order valence-electron chi connectivity index (χ2n) is 2.74. The van der Waals surface area contributed by atoms with Gasteiger partial charge in [-0.15, -0.1) is 0 Å². The Morgan fingerprint density at radius 2 is 2.00 bits per heavy atom. The summed E-state index contributed by atoms with van der Waals surface area (Å²) in [6, 6.07) is 5.62. The van der Waals surface area contributed by atoms with Crippen molar-refractivity contribution in [1.82, 2.24) is 0 Å². The van der Waals surface area contributed by atoms with Gasteiger partial charge in [0.15, 0.2) is 0 Å². The number of rotatable bonds is 2. The van der Waals surface area contributed by atoms with Gasteiger partial charge in [-0.3, -0.25) is 5.41 Å². The van der Waals surface area contributed by atoms with Crippen LogP contribution in [0.4, 0.5) is 0 Å². The molecule has 13 heavy (non-hydrogen) atoms. The SMILES string of the molecule is COC(=N)c1ccc(C)cc1OC. The third-order valence-corrected chi connectivity index (χ3v) is 1.81. The Hall–Kier alpha value is -1.51. The molecule has 0 aromatic heterocycles. The van der Waals surface area contributed by atoms with Crippen LogP contribution < -0.4 is 4.74 Å². The molecule has 3 heteroatoms. The lowest BCUT2D eigenvalue weighted by molar-refractivity contribution is 0.388. The highest BCUT2D eigenvalue weighted by Gasteiger charge is 2.08. The van der Waals surface area contributed by atoms with Crippen LogP contribution in [-0.4, -0.2) is 20.1 Å². The zero-order chi connectivity index (χ0) is 9.84. The van der Waals surface area contributed by atoms with Gasteiger partial charge in [0.25, 0.3) is 0 Å². The minimum atomic E-state index is 0.122. The summed E-state index contributed by atoms with van der Waals surface area (Å²) in [5, 5.41) is 7.49. The van der Waals surface area contributed by atoms with E-state index in [1.165, 1.54) is 7.11 Å². The summed E-state index contributed by atoms with van der Waals surface area (Å²) in [6.45, 7) is 1.97. The Morgan fingerprint density at radius 1 is 1.31 bits per heavy atom. The molecule has 0 aliphatic rings. The molecular formula is C10H13NO2. The van der Waals surface area contributed by atoms with Crippen molar-refractivity contribution in [3.8, 4) is 5.75 Å². The Morgan fingerprint density at radius 3 is 2.54 bits per heavy atom. The zero-order valence-electron chi connectivity index (χ0n) is 8.05. The highest BCUT2D eigenvalue weighted by molar-refractivity contribution is 5.94. The van der Waals surface area contributed by atoms with Crippen LogP contribution >= 0.6 is 0 Å². The number of methoxy groups -OCH3 is 2. The lowest BCUT2D eigenvalue weighted by atomic mass is 10.1. The predicted octanol–water partition coefficient (Wildman–Crippen LogP) is 1.98. The minimum Gasteiger partial charge on any atom is -0.496 e. The number of ether oxygens (including phenoxy) is 2. The number of benzene rings is 1. The van der Waals surface area contributed by atoms with Crippen LogP contribution in [-0.2, 0) is 4.74 Å². The van der Waals surface area contributed by atoms with Gasteiger partial charge in [0, 0.05) is 0 Å². The second kappa shape index (κ2) is 3.94. The third-order valence-electron chi connectivity index (χ3n) is 1.81. The first-order valence-corrected chi connectivity index (χ1v) is 3.96. The Kier molecular flexibility index (Phi) is 2.90. The van der Waals surface area contributed by atoms with Gasteiger partial charge in [-0.1, -0.05) is 6.07 Å². The van der Waals surface area contributed by atoms with Gasteiger partial charge in [-0.2, -0.15) is 0 Å². The maximum absolute atomic E-state index is 7.49. The van der Waals surface area contributed by atoms with E-state index < -0.39 is 0 Å². The maximum Gasteiger partial charge on any atom is 0.216 e. The highest BCUT2D eigenvalue weighted by atomic mass is 16.5. The smallest absolute Gasteiger partial charge is 0.216 e. The molecule has 0 bridgehead atoms. The van der Waals surface area contributed by atoms with Gasteiger partial charge in [0.2, 0.25) is 5.90 Å². The van der Waals surface area contributed by atoms with Gasteiger partial charge in [0.1, 0.15) is 5.75 Å². The van der Waals surface area contributed by atoms with E-state index in [2.05, 4.69) is 0 Å². The molecule has 0 unspecified atom stereocenters. The van der Waals surface area contributed by atoms with Crippen LogP contribution in [0.2, 0.25) is 0 Å². The molecule has 1 aromatic carbocycles. The van der Waals surface area contributed by atoms with E-state index in [0.29, 0.717) is 11.3 Å². The Labute approximate surface area is 77.8 Å². The standard InChI is InChI=1S/C10H13NO2/c1-7-4-5-8(10(11)13-3)9(6-7)12-2/h4-6,11H,1-3H3. The lowest BCUT2D eigenvalue weighted by Crippen LogP contribution is -2.04. The molecule has 0 amide bonds. The van der Waals surface area contributed by atoms with Crippen LogP contribution in [0.3, 0.4) is 0 Å². The molecule has 0 spiro atoms. The summed E-state index contributed by atoms with van der Waals surface area (Å²) >= 11 is 0. The van der Waals surface area contributed by atoms with Gasteiger partial charge in [-0.05, 0) is 24.6 Å². The van der Waals surface area contributed by atoms with Crippen molar-refractivity contribution in [1.29, 1.82) is 5.41 Å². The maximum atomic E-state index is 7.49. The van der Waals surface area contributed by atoms with Crippen molar-refractivity contribution in [3.05, 3.63) is 29.3 Å². The van der Waals surface area contributed by atoms with E-state index in [9.17, 15) is 0 Å². The van der Waals surface area contributed by atoms with Crippen molar-refractivity contribution >= 4 is 5.90 Å². The molecule has 0 atom stereocenters. The second-order valence-corrected chi connectivity index (χ2v) is 2.74. The molecule has 0 radical (unpaired) electrons. The molecule has 1 rings (SSSR count). The van der Waals surface area contributed by atoms with Crippen molar-refractivity contribution in [2.75, 3.05) is 14.2 Å². The van der Waals surface area contributed by atoms with Gasteiger partial charge in [0.05, 0.1) is 19.8 Å². The molecule has 0 fully saturated rings. The van der Waals surface area contributed by atoms with E-state index in [1.54, 1.807) is 7.11 Å². The number of nitrogens with one attached hydrogen (secondary N) is 1. The Balaban J connectivity index is 3.13. The summed E-state index contributed by atoms with van der Waals surface area (Å²) in [5.74, 6) is 0.795. The minimum absolute atomic E-state index is 0.122. The molecule has 0 aliphatic heterocycles. The lowest BCUT2D eigenvalue weighted by Gasteiger charge is -2.08. The van der Waals surface area contributed by atoms with E-state index in [4.69, 9.17) is 14.9 Å². The van der Waals surface area contributed by atoms with Crippen molar-refractivity contribution in [3.63, 3.8) is 0 Å². The van der Waals surface area contributed by atoms with Crippen LogP contribution in [0.1, 0.15) is 11.1 Å². The molecule has 0 saturated carbocycles. The largest absolute Gasteiger partial charge is 0.496 e. The summed E-state index contributed by atoms with van der Waals surface area (Å²) in [6.07, 6.45) is 0. The van der Waals surface area contributed by atoms with Crippen LogP contribution in [0, 0.1) is 12.3 Å². The first kappa shape index (κ1) is 9.58. The fourth-order valence-corrected chi connectivity index (χ4v) is 1.10. The van der Waals surface area contributed by atoms with Gasteiger partial charge >= 0.3 is 0 Å². The summed E-state index contributed by atoms with van der Waals surface area (Å²) < 4.78 is 9.95. The predicted molar refractivity (Wildman–Crippen MR) is 51.6 cm³/mol. The number of hydrogen-bond acceptors (Lipinski definition) is 3. The Bertz CT molecular complexity index is 321. The number of aryl methyl sites for hydroxylation is 1. The van der Waals surface area contributed by atoms with Gasteiger partial charge in [-0.25, -0.2) is 0 Å². The first-order valence-electron chi connectivity index (χ1n) is 3.96. The highest BCUT2D eigenvalue weighted by Crippen LogP contribution is 2.20. The molecule has 70 valence electrons. The monoisotopic (exact) mass is 179 g/mol. The molecule has 0 aliphatic carbocycles. The molecule has 0 heterocycles. The fraction of sp³-hybridized carbons (Fsp3) is 0.300. The fourth-order valence-electron chi connectivity index (χ4n) is 1.10. The van der Waals surface area contributed by atoms with Crippen molar-refractivity contribution < 1.29 is 9.47 Å². The average Bonchev–Trinajstić information content (AvgIpc) is 2.16. The molecule has 1 aromatic rings. The van der Waals surface area contributed by atoms with E-state index in [1.807, 2.05) is 25.1 Å². The third kappa shape index (κ3) is 1.99. The summed E-state index contributed by atoms with van der Waals surface area (Å²) in [7, 11) is 3.06. The van der Waals surface area contributed by atoms with Crippen LogP contribution in [0.5, 0.6) is 5.75 Å². The summed E-state index contributed by atoms with van der Waals surface area (Å²) in [5.41, 5.74) is 1.78. The molecule has 0 saturated heterocycles. The molecular weight excluding hydrogens is 166 g/mol. The van der Waals surface area contributed by atoms with E-state index in [0.717, 1.165) is 5.56 Å². The number of hydrogen-bond donors (Lipinski definition) is 1. The van der Waals surface area contributed by atoms with Crippen LogP contribution in [0.15, 0.2) is 18.2 Å². The van der Waals surface area contributed by atoms with Crippen LogP contribution in [0.25, 0.3) is 0 Å². The zero-order valence-corrected chi connectivity index (χ0v) is 8.05. The van der Waals surface area contributed by atoms with Crippen molar-refractivity contribution in [2.24, 2.45) is 0 Å². The quantitative estimate of drug-likeness (QED) is 0.557.